The minimum absolute atomic E-state index is 0.419. The molecule has 1 unspecified atom stereocenters. The van der Waals surface area contributed by atoms with Crippen LogP contribution in [0.2, 0.25) is 0 Å². The monoisotopic (exact) mass is 286 g/mol. The topological polar surface area (TPSA) is 15.3 Å². The summed E-state index contributed by atoms with van der Waals surface area (Å²) in [5.74, 6) is 0. The molecule has 0 aliphatic rings. The molecule has 0 aliphatic heterocycles. The smallest absolute Gasteiger partial charge is 0.0332 e. The van der Waals surface area contributed by atoms with E-state index in [2.05, 4.69) is 61.5 Å². The molecule has 0 amide bonds. The van der Waals surface area contributed by atoms with Gasteiger partial charge in [-0.05, 0) is 31.9 Å². The highest BCUT2D eigenvalue weighted by atomic mass is 15.1. The fourth-order valence-electron chi connectivity index (χ4n) is 2.44. The van der Waals surface area contributed by atoms with Crippen LogP contribution in [0.5, 0.6) is 0 Å². The van der Waals surface area contributed by atoms with Gasteiger partial charge < -0.3 is 5.32 Å². The molecule has 1 rings (SSSR count). The van der Waals surface area contributed by atoms with Gasteiger partial charge in [0.1, 0.15) is 0 Å². The zero-order valence-electron chi connectivity index (χ0n) is 13.6. The molecule has 2 nitrogen and oxygen atoms in total. The summed E-state index contributed by atoms with van der Waals surface area (Å²) in [6.45, 7) is 16.0. The summed E-state index contributed by atoms with van der Waals surface area (Å²) < 4.78 is 0. The average molecular weight is 286 g/mol. The molecule has 0 aromatic heterocycles. The van der Waals surface area contributed by atoms with Crippen molar-refractivity contribution in [3.05, 3.63) is 60.7 Å². The Morgan fingerprint density at radius 1 is 1.14 bits per heavy atom. The first-order chi connectivity index (χ1) is 10.2. The summed E-state index contributed by atoms with van der Waals surface area (Å²) in [5, 5.41) is 3.67. The van der Waals surface area contributed by atoms with Crippen LogP contribution < -0.4 is 5.32 Å². The van der Waals surface area contributed by atoms with Gasteiger partial charge in [-0.25, -0.2) is 0 Å². The molecule has 0 fully saturated rings. The van der Waals surface area contributed by atoms with Crippen molar-refractivity contribution >= 4 is 0 Å². The lowest BCUT2D eigenvalue weighted by Crippen LogP contribution is -2.30. The van der Waals surface area contributed by atoms with Gasteiger partial charge >= 0.3 is 0 Å². The van der Waals surface area contributed by atoms with Gasteiger partial charge in [-0.1, -0.05) is 48.9 Å². The van der Waals surface area contributed by atoms with Crippen LogP contribution in [-0.4, -0.2) is 31.1 Å². The van der Waals surface area contributed by atoms with Crippen molar-refractivity contribution in [2.45, 2.75) is 32.7 Å². The van der Waals surface area contributed by atoms with Gasteiger partial charge in [0, 0.05) is 25.7 Å². The molecule has 1 atom stereocenters. The number of aryl methyl sites for hydroxylation is 1. The number of hydrogen-bond donors (Lipinski definition) is 1. The molecule has 2 heteroatoms. The molecule has 0 aliphatic carbocycles. The maximum Gasteiger partial charge on any atom is 0.0332 e. The molecule has 21 heavy (non-hydrogen) atoms. The lowest BCUT2D eigenvalue weighted by atomic mass is 10.0. The molecule has 0 spiro atoms. The van der Waals surface area contributed by atoms with Gasteiger partial charge in [0.15, 0.2) is 0 Å². The largest absolute Gasteiger partial charge is 0.310 e. The molecular weight excluding hydrogens is 256 g/mol. The number of nitrogens with one attached hydrogen (secondary N) is 1. The summed E-state index contributed by atoms with van der Waals surface area (Å²) in [5.41, 5.74) is 2.69. The average Bonchev–Trinajstić information content (AvgIpc) is 2.49. The van der Waals surface area contributed by atoms with E-state index in [0.29, 0.717) is 6.04 Å². The Kier molecular flexibility index (Phi) is 8.72. The first-order valence-corrected chi connectivity index (χ1v) is 7.95. The van der Waals surface area contributed by atoms with Crippen LogP contribution in [0.3, 0.4) is 0 Å². The molecule has 0 radical (unpaired) electrons. The maximum atomic E-state index is 3.84. The third-order valence-corrected chi connectivity index (χ3v) is 3.63. The van der Waals surface area contributed by atoms with Crippen LogP contribution in [0.25, 0.3) is 0 Å². The second-order valence-corrected chi connectivity index (χ2v) is 5.54. The first kappa shape index (κ1) is 17.7. The highest BCUT2D eigenvalue weighted by molar-refractivity contribution is 5.24. The van der Waals surface area contributed by atoms with Crippen molar-refractivity contribution in [3.63, 3.8) is 0 Å². The lowest BCUT2D eigenvalue weighted by molar-refractivity contribution is 0.307. The van der Waals surface area contributed by atoms with Gasteiger partial charge in [-0.2, -0.15) is 0 Å². The minimum Gasteiger partial charge on any atom is -0.310 e. The second kappa shape index (κ2) is 10.4. The SMILES string of the molecule is C=CCN(CC=C)CCC(NCCC)c1ccc(C)cc1. The number of nitrogens with zero attached hydrogens (tertiary/aromatic N) is 1. The van der Waals surface area contributed by atoms with Crippen molar-refractivity contribution in [2.75, 3.05) is 26.2 Å². The van der Waals surface area contributed by atoms with Gasteiger partial charge in [0.05, 0.1) is 0 Å². The zero-order chi connectivity index (χ0) is 15.5. The Labute approximate surface area is 130 Å². The molecule has 0 saturated carbocycles. The molecule has 1 N–H and O–H groups in total. The van der Waals surface area contributed by atoms with E-state index >= 15 is 0 Å². The zero-order valence-corrected chi connectivity index (χ0v) is 13.6. The fourth-order valence-corrected chi connectivity index (χ4v) is 2.44. The van der Waals surface area contributed by atoms with E-state index in [-0.39, 0.29) is 0 Å². The molecule has 1 aromatic rings. The van der Waals surface area contributed by atoms with E-state index in [0.717, 1.165) is 39.0 Å². The van der Waals surface area contributed by atoms with Crippen LogP contribution in [0.4, 0.5) is 0 Å². The van der Waals surface area contributed by atoms with E-state index in [4.69, 9.17) is 0 Å². The summed E-state index contributed by atoms with van der Waals surface area (Å²) in [6.07, 6.45) is 6.18. The van der Waals surface area contributed by atoms with E-state index in [1.165, 1.54) is 11.1 Å². The van der Waals surface area contributed by atoms with E-state index in [1.807, 2.05) is 12.2 Å². The molecular formula is C19H30N2. The summed E-state index contributed by atoms with van der Waals surface area (Å²) >= 11 is 0. The van der Waals surface area contributed by atoms with Crippen molar-refractivity contribution in [1.29, 1.82) is 0 Å². The quantitative estimate of drug-likeness (QED) is 0.616. The van der Waals surface area contributed by atoms with Gasteiger partial charge in [0.25, 0.3) is 0 Å². The van der Waals surface area contributed by atoms with E-state index in [9.17, 15) is 0 Å². The van der Waals surface area contributed by atoms with Gasteiger partial charge in [-0.15, -0.1) is 13.2 Å². The normalized spacial score (nSPS) is 12.3. The molecule has 1 aromatic carbocycles. The van der Waals surface area contributed by atoms with Crippen molar-refractivity contribution in [2.24, 2.45) is 0 Å². The predicted octanol–water partition coefficient (Wildman–Crippen LogP) is 4.10. The van der Waals surface area contributed by atoms with Gasteiger partial charge in [0.2, 0.25) is 0 Å². The van der Waals surface area contributed by atoms with Crippen LogP contribution in [-0.2, 0) is 0 Å². The minimum atomic E-state index is 0.419. The molecule has 0 saturated heterocycles. The third-order valence-electron chi connectivity index (χ3n) is 3.63. The molecule has 116 valence electrons. The Bertz CT molecular complexity index is 398. The van der Waals surface area contributed by atoms with E-state index < -0.39 is 0 Å². The Morgan fingerprint density at radius 2 is 1.76 bits per heavy atom. The summed E-state index contributed by atoms with van der Waals surface area (Å²) in [7, 11) is 0. The highest BCUT2D eigenvalue weighted by Crippen LogP contribution is 2.18. The maximum absolute atomic E-state index is 3.84. The fraction of sp³-hybridized carbons (Fsp3) is 0.474. The number of benzene rings is 1. The Hall–Kier alpha value is -1.38. The van der Waals surface area contributed by atoms with Crippen LogP contribution in [0.1, 0.15) is 36.9 Å². The number of rotatable bonds is 11. The summed E-state index contributed by atoms with van der Waals surface area (Å²) in [6, 6.07) is 9.30. The summed E-state index contributed by atoms with van der Waals surface area (Å²) in [4.78, 5) is 2.37. The van der Waals surface area contributed by atoms with E-state index in [1.54, 1.807) is 0 Å². The predicted molar refractivity (Wildman–Crippen MR) is 93.7 cm³/mol. The van der Waals surface area contributed by atoms with Crippen molar-refractivity contribution in [1.82, 2.24) is 10.2 Å². The first-order valence-electron chi connectivity index (χ1n) is 7.95. The van der Waals surface area contributed by atoms with Gasteiger partial charge in [-0.3, -0.25) is 4.90 Å². The molecule has 0 heterocycles. The van der Waals surface area contributed by atoms with Crippen molar-refractivity contribution in [3.8, 4) is 0 Å². The van der Waals surface area contributed by atoms with Crippen LogP contribution in [0.15, 0.2) is 49.6 Å². The van der Waals surface area contributed by atoms with Crippen molar-refractivity contribution < 1.29 is 0 Å². The standard InChI is InChI=1S/C19H30N2/c1-5-13-20-19(18-10-8-17(4)9-11-18)12-16-21(14-6-2)15-7-3/h6-11,19-20H,2-3,5,12-16H2,1,4H3. The molecule has 0 bridgehead atoms. The Morgan fingerprint density at radius 3 is 2.29 bits per heavy atom. The number of hydrogen-bond acceptors (Lipinski definition) is 2. The Balaban J connectivity index is 2.66. The van der Waals surface area contributed by atoms with Crippen LogP contribution in [0, 0.1) is 6.92 Å². The third kappa shape index (κ3) is 6.74. The highest BCUT2D eigenvalue weighted by Gasteiger charge is 2.12. The lowest BCUT2D eigenvalue weighted by Gasteiger charge is -2.24. The van der Waals surface area contributed by atoms with Crippen LogP contribution >= 0.6 is 0 Å². The second-order valence-electron chi connectivity index (χ2n) is 5.54.